The summed E-state index contributed by atoms with van der Waals surface area (Å²) in [5.74, 6) is 3.81. The second-order valence-corrected chi connectivity index (χ2v) is 5.82. The molecule has 1 aliphatic heterocycles. The molecule has 19 heavy (non-hydrogen) atoms. The molecule has 0 bridgehead atoms. The molecule has 2 heterocycles. The van der Waals surface area contributed by atoms with E-state index < -0.39 is 0 Å². The number of para-hydroxylation sites is 1. The van der Waals surface area contributed by atoms with Gasteiger partial charge in [-0.1, -0.05) is 18.2 Å². The van der Waals surface area contributed by atoms with Crippen molar-refractivity contribution in [3.05, 3.63) is 30.5 Å². The quantitative estimate of drug-likeness (QED) is 0.935. The Morgan fingerprint density at radius 1 is 1.37 bits per heavy atom. The number of nitrogen functional groups attached to an aromatic ring is 1. The number of nitrogens with zero attached hydrogens (tertiary/aromatic N) is 2. The van der Waals surface area contributed by atoms with Crippen LogP contribution in [0.1, 0.15) is 6.42 Å². The van der Waals surface area contributed by atoms with Crippen molar-refractivity contribution in [1.29, 1.82) is 0 Å². The van der Waals surface area contributed by atoms with Gasteiger partial charge in [0.05, 0.1) is 6.20 Å². The van der Waals surface area contributed by atoms with Crippen molar-refractivity contribution in [2.75, 3.05) is 17.2 Å². The third-order valence-electron chi connectivity index (χ3n) is 3.34. The van der Waals surface area contributed by atoms with Crippen molar-refractivity contribution in [2.45, 2.75) is 12.5 Å². The van der Waals surface area contributed by atoms with Crippen LogP contribution in [0.4, 0.5) is 5.82 Å². The van der Waals surface area contributed by atoms with Gasteiger partial charge in [-0.15, -0.1) is 0 Å². The number of nitrogens with two attached hydrogens (primary N) is 1. The van der Waals surface area contributed by atoms with Crippen molar-refractivity contribution < 1.29 is 4.74 Å². The van der Waals surface area contributed by atoms with E-state index in [2.05, 4.69) is 5.10 Å². The van der Waals surface area contributed by atoms with Gasteiger partial charge in [0.2, 0.25) is 0 Å². The summed E-state index contributed by atoms with van der Waals surface area (Å²) in [5, 5.41) is 4.20. The molecule has 1 fully saturated rings. The molecule has 2 N–H and O–H groups in total. The van der Waals surface area contributed by atoms with Crippen LogP contribution < -0.4 is 10.5 Å². The first-order valence-electron chi connectivity index (χ1n) is 6.37. The minimum absolute atomic E-state index is 0.309. The van der Waals surface area contributed by atoms with Gasteiger partial charge in [0.25, 0.3) is 0 Å². The number of aromatic nitrogens is 2. The third-order valence-corrected chi connectivity index (χ3v) is 4.48. The molecule has 0 aliphatic carbocycles. The Morgan fingerprint density at radius 2 is 2.21 bits per heavy atom. The van der Waals surface area contributed by atoms with Gasteiger partial charge in [-0.25, -0.2) is 0 Å². The maximum absolute atomic E-state index is 6.11. The molecule has 0 radical (unpaired) electrons. The van der Waals surface area contributed by atoms with Gasteiger partial charge in [-0.2, -0.15) is 16.9 Å². The van der Waals surface area contributed by atoms with E-state index in [0.29, 0.717) is 11.9 Å². The van der Waals surface area contributed by atoms with E-state index in [1.165, 1.54) is 5.75 Å². The van der Waals surface area contributed by atoms with Crippen LogP contribution in [0.15, 0.2) is 30.5 Å². The average Bonchev–Trinajstić information content (AvgIpc) is 3.03. The normalized spacial score (nSPS) is 18.7. The lowest BCUT2D eigenvalue weighted by Gasteiger charge is -2.15. The van der Waals surface area contributed by atoms with Gasteiger partial charge >= 0.3 is 0 Å². The summed E-state index contributed by atoms with van der Waals surface area (Å²) < 4.78 is 7.79. The largest absolute Gasteiger partial charge is 0.489 e. The number of hydrogen-bond donors (Lipinski definition) is 1. The molecular formula is C14H17N3OS. The van der Waals surface area contributed by atoms with Crippen molar-refractivity contribution in [2.24, 2.45) is 7.05 Å². The molecule has 4 nitrogen and oxygen atoms in total. The fourth-order valence-corrected chi connectivity index (χ4v) is 3.33. The molecule has 3 rings (SSSR count). The van der Waals surface area contributed by atoms with Crippen molar-refractivity contribution in [3.8, 4) is 16.9 Å². The van der Waals surface area contributed by atoms with Crippen LogP contribution in [0.3, 0.4) is 0 Å². The van der Waals surface area contributed by atoms with E-state index in [4.69, 9.17) is 10.5 Å². The van der Waals surface area contributed by atoms with Gasteiger partial charge in [0, 0.05) is 23.9 Å². The highest BCUT2D eigenvalue weighted by Gasteiger charge is 2.19. The summed E-state index contributed by atoms with van der Waals surface area (Å²) in [6, 6.07) is 8.03. The summed E-state index contributed by atoms with van der Waals surface area (Å²) in [4.78, 5) is 0. The first-order chi connectivity index (χ1) is 9.25. The summed E-state index contributed by atoms with van der Waals surface area (Å²) in [5.41, 5.74) is 8.01. The van der Waals surface area contributed by atoms with Crippen LogP contribution >= 0.6 is 11.8 Å². The van der Waals surface area contributed by atoms with Crippen LogP contribution in [0.5, 0.6) is 5.75 Å². The van der Waals surface area contributed by atoms with Gasteiger partial charge in [0.1, 0.15) is 17.7 Å². The van der Waals surface area contributed by atoms with Crippen molar-refractivity contribution in [3.63, 3.8) is 0 Å². The Bertz CT molecular complexity index is 576. The fourth-order valence-electron chi connectivity index (χ4n) is 2.23. The lowest BCUT2D eigenvalue weighted by atomic mass is 10.1. The zero-order valence-corrected chi connectivity index (χ0v) is 11.7. The molecule has 2 aromatic rings. The highest BCUT2D eigenvalue weighted by molar-refractivity contribution is 7.99. The maximum atomic E-state index is 6.11. The van der Waals surface area contributed by atoms with E-state index in [1.807, 2.05) is 43.1 Å². The average molecular weight is 275 g/mol. The molecule has 1 saturated heterocycles. The molecule has 1 aliphatic rings. The van der Waals surface area contributed by atoms with Crippen LogP contribution in [0, 0.1) is 0 Å². The molecule has 1 unspecified atom stereocenters. The predicted octanol–water partition coefficient (Wildman–Crippen LogP) is 2.55. The second-order valence-electron chi connectivity index (χ2n) is 4.67. The highest BCUT2D eigenvalue weighted by Crippen LogP contribution is 2.35. The molecule has 100 valence electrons. The van der Waals surface area contributed by atoms with E-state index in [0.717, 1.165) is 29.1 Å². The van der Waals surface area contributed by atoms with Crippen LogP contribution in [0.25, 0.3) is 11.1 Å². The third kappa shape index (κ3) is 2.42. The number of aryl methyl sites for hydroxylation is 1. The Morgan fingerprint density at radius 3 is 2.89 bits per heavy atom. The smallest absolute Gasteiger partial charge is 0.129 e. The molecule has 0 spiro atoms. The molecule has 0 saturated carbocycles. The first kappa shape index (κ1) is 12.4. The molecule has 1 aromatic carbocycles. The standard InChI is InChI=1S/C14H17N3OS/c1-17-14(15)12(8-16-17)11-4-2-3-5-13(11)18-10-6-7-19-9-10/h2-5,8,10H,6-7,9,15H2,1H3. The molecule has 5 heteroatoms. The van der Waals surface area contributed by atoms with Crippen LogP contribution in [-0.2, 0) is 7.05 Å². The van der Waals surface area contributed by atoms with E-state index >= 15 is 0 Å². The van der Waals surface area contributed by atoms with Crippen molar-refractivity contribution in [1.82, 2.24) is 9.78 Å². The lowest BCUT2D eigenvalue weighted by Crippen LogP contribution is -2.15. The summed E-state index contributed by atoms with van der Waals surface area (Å²) >= 11 is 1.94. The molecule has 1 aromatic heterocycles. The Balaban J connectivity index is 1.94. The molecule has 1 atom stereocenters. The summed E-state index contributed by atoms with van der Waals surface area (Å²) in [7, 11) is 1.84. The predicted molar refractivity (Wildman–Crippen MR) is 79.4 cm³/mol. The minimum atomic E-state index is 0.309. The monoisotopic (exact) mass is 275 g/mol. The van der Waals surface area contributed by atoms with E-state index in [9.17, 15) is 0 Å². The molecular weight excluding hydrogens is 258 g/mol. The first-order valence-corrected chi connectivity index (χ1v) is 7.52. The number of benzene rings is 1. The zero-order chi connectivity index (χ0) is 13.2. The van der Waals surface area contributed by atoms with Gasteiger partial charge in [-0.05, 0) is 18.2 Å². The number of anilines is 1. The highest BCUT2D eigenvalue weighted by atomic mass is 32.2. The van der Waals surface area contributed by atoms with Crippen LogP contribution in [0.2, 0.25) is 0 Å². The second kappa shape index (κ2) is 5.17. The molecule has 0 amide bonds. The fraction of sp³-hybridized carbons (Fsp3) is 0.357. The number of ether oxygens (including phenoxy) is 1. The lowest BCUT2D eigenvalue weighted by molar-refractivity contribution is 0.230. The van der Waals surface area contributed by atoms with Gasteiger partial charge < -0.3 is 10.5 Å². The number of rotatable bonds is 3. The Labute approximate surface area is 116 Å². The SMILES string of the molecule is Cn1ncc(-c2ccccc2OC2CCSC2)c1N. The minimum Gasteiger partial charge on any atom is -0.489 e. The summed E-state index contributed by atoms with van der Waals surface area (Å²) in [6.07, 6.45) is 3.21. The Kier molecular flexibility index (Phi) is 3.38. The van der Waals surface area contributed by atoms with Gasteiger partial charge in [0.15, 0.2) is 0 Å². The topological polar surface area (TPSA) is 53.1 Å². The van der Waals surface area contributed by atoms with Gasteiger partial charge in [-0.3, -0.25) is 4.68 Å². The van der Waals surface area contributed by atoms with E-state index in [-0.39, 0.29) is 0 Å². The zero-order valence-electron chi connectivity index (χ0n) is 10.9. The number of thioether (sulfide) groups is 1. The summed E-state index contributed by atoms with van der Waals surface area (Å²) in [6.45, 7) is 0. The van der Waals surface area contributed by atoms with E-state index in [1.54, 1.807) is 10.9 Å². The van der Waals surface area contributed by atoms with Crippen molar-refractivity contribution >= 4 is 17.6 Å². The number of hydrogen-bond acceptors (Lipinski definition) is 4. The Hall–Kier alpha value is -1.62. The van der Waals surface area contributed by atoms with Crippen LogP contribution in [-0.4, -0.2) is 27.4 Å². The maximum Gasteiger partial charge on any atom is 0.129 e.